The van der Waals surface area contributed by atoms with Crippen molar-refractivity contribution in [3.05, 3.63) is 0 Å². The third kappa shape index (κ3) is 2.79. The molecule has 110 valence electrons. The minimum absolute atomic E-state index is 0.0242. The molecular formula is C15H27NO3. The van der Waals surface area contributed by atoms with Crippen molar-refractivity contribution in [3.63, 3.8) is 0 Å². The molecular weight excluding hydrogens is 242 g/mol. The maximum absolute atomic E-state index is 11.5. The van der Waals surface area contributed by atoms with Crippen molar-refractivity contribution in [2.75, 3.05) is 19.7 Å². The van der Waals surface area contributed by atoms with Gasteiger partial charge in [-0.05, 0) is 45.6 Å². The Morgan fingerprint density at radius 3 is 2.68 bits per heavy atom. The zero-order chi connectivity index (χ0) is 14.1. The second-order valence-corrected chi connectivity index (χ2v) is 6.46. The molecule has 0 amide bonds. The second-order valence-electron chi connectivity index (χ2n) is 6.46. The lowest BCUT2D eigenvalue weighted by atomic mass is 9.84. The number of hydrogen-bond acceptors (Lipinski definition) is 3. The molecule has 4 nitrogen and oxygen atoms in total. The lowest BCUT2D eigenvalue weighted by molar-refractivity contribution is -0.148. The van der Waals surface area contributed by atoms with Gasteiger partial charge in [-0.25, -0.2) is 0 Å². The molecule has 0 bridgehead atoms. The van der Waals surface area contributed by atoms with Crippen molar-refractivity contribution in [3.8, 4) is 0 Å². The molecule has 0 aromatic carbocycles. The Balaban J connectivity index is 2.02. The summed E-state index contributed by atoms with van der Waals surface area (Å²) in [5.74, 6) is -0.622. The summed E-state index contributed by atoms with van der Waals surface area (Å²) in [7, 11) is 0. The lowest BCUT2D eigenvalue weighted by Crippen LogP contribution is -2.47. The third-order valence-corrected chi connectivity index (χ3v) is 5.35. The summed E-state index contributed by atoms with van der Waals surface area (Å²) in [6.45, 7) is 8.78. The first-order chi connectivity index (χ1) is 8.95. The fourth-order valence-corrected chi connectivity index (χ4v) is 3.49. The van der Waals surface area contributed by atoms with Crippen molar-refractivity contribution in [2.24, 2.45) is 5.41 Å². The Morgan fingerprint density at radius 1 is 1.42 bits per heavy atom. The van der Waals surface area contributed by atoms with Crippen LogP contribution in [0.1, 0.15) is 52.9 Å². The Hall–Kier alpha value is -0.610. The molecule has 2 aliphatic rings. The van der Waals surface area contributed by atoms with E-state index in [-0.39, 0.29) is 5.60 Å². The lowest BCUT2D eigenvalue weighted by Gasteiger charge is -2.41. The zero-order valence-corrected chi connectivity index (χ0v) is 12.4. The molecule has 19 heavy (non-hydrogen) atoms. The number of carboxylic acid groups (broad SMARTS) is 1. The van der Waals surface area contributed by atoms with Crippen LogP contribution in [0.25, 0.3) is 0 Å². The predicted octanol–water partition coefficient (Wildman–Crippen LogP) is 2.52. The number of aliphatic carboxylic acids is 1. The molecule has 4 heteroatoms. The van der Waals surface area contributed by atoms with Crippen LogP contribution in [-0.4, -0.2) is 47.3 Å². The normalized spacial score (nSPS) is 40.5. The van der Waals surface area contributed by atoms with Gasteiger partial charge < -0.3 is 9.84 Å². The molecule has 0 aromatic heterocycles. The van der Waals surface area contributed by atoms with Gasteiger partial charge in [-0.3, -0.25) is 9.69 Å². The maximum atomic E-state index is 11.5. The Labute approximate surface area is 116 Å². The highest BCUT2D eigenvalue weighted by Gasteiger charge is 2.46. The summed E-state index contributed by atoms with van der Waals surface area (Å²) in [4.78, 5) is 13.9. The van der Waals surface area contributed by atoms with Gasteiger partial charge in [0.05, 0.1) is 11.0 Å². The van der Waals surface area contributed by atoms with E-state index in [9.17, 15) is 9.90 Å². The molecule has 2 saturated heterocycles. The van der Waals surface area contributed by atoms with Crippen LogP contribution >= 0.6 is 0 Å². The molecule has 0 saturated carbocycles. The van der Waals surface area contributed by atoms with E-state index in [0.29, 0.717) is 12.6 Å². The van der Waals surface area contributed by atoms with Crippen LogP contribution in [0.5, 0.6) is 0 Å². The fraction of sp³-hybridized carbons (Fsp3) is 0.933. The van der Waals surface area contributed by atoms with E-state index in [0.717, 1.165) is 45.3 Å². The maximum Gasteiger partial charge on any atom is 0.310 e. The summed E-state index contributed by atoms with van der Waals surface area (Å²) < 4.78 is 5.89. The topological polar surface area (TPSA) is 49.8 Å². The molecule has 3 unspecified atom stereocenters. The molecule has 1 N–H and O–H groups in total. The van der Waals surface area contributed by atoms with Crippen molar-refractivity contribution >= 4 is 5.97 Å². The average Bonchev–Trinajstić information content (AvgIpc) is 2.85. The first-order valence-electron chi connectivity index (χ1n) is 7.56. The number of likely N-dealkylation sites (tertiary alicyclic amines) is 1. The fourth-order valence-electron chi connectivity index (χ4n) is 3.49. The molecule has 2 rings (SSSR count). The number of nitrogens with zero attached hydrogens (tertiary/aromatic N) is 1. The van der Waals surface area contributed by atoms with Gasteiger partial charge in [-0.1, -0.05) is 13.8 Å². The van der Waals surface area contributed by atoms with Crippen LogP contribution in [0.4, 0.5) is 0 Å². The van der Waals surface area contributed by atoms with E-state index < -0.39 is 11.4 Å². The monoisotopic (exact) mass is 269 g/mol. The second kappa shape index (κ2) is 5.41. The van der Waals surface area contributed by atoms with Crippen LogP contribution in [0.3, 0.4) is 0 Å². The molecule has 3 atom stereocenters. The molecule has 0 aliphatic carbocycles. The number of carboxylic acids is 1. The average molecular weight is 269 g/mol. The van der Waals surface area contributed by atoms with Gasteiger partial charge in [-0.2, -0.15) is 0 Å². The first kappa shape index (κ1) is 14.8. The number of carbonyl (C=O) groups is 1. The van der Waals surface area contributed by atoms with E-state index in [1.165, 1.54) is 0 Å². The number of ether oxygens (including phenoxy) is 1. The van der Waals surface area contributed by atoms with E-state index in [2.05, 4.69) is 18.7 Å². The molecule has 2 heterocycles. The van der Waals surface area contributed by atoms with Gasteiger partial charge in [0.15, 0.2) is 0 Å². The van der Waals surface area contributed by atoms with Crippen LogP contribution < -0.4 is 0 Å². The van der Waals surface area contributed by atoms with Gasteiger partial charge >= 0.3 is 5.97 Å². The van der Waals surface area contributed by atoms with Crippen LogP contribution in [0.2, 0.25) is 0 Å². The molecule has 2 aliphatic heterocycles. The first-order valence-corrected chi connectivity index (χ1v) is 7.56. The van der Waals surface area contributed by atoms with Crippen molar-refractivity contribution < 1.29 is 14.6 Å². The largest absolute Gasteiger partial charge is 0.481 e. The summed E-state index contributed by atoms with van der Waals surface area (Å²) in [5.41, 5.74) is -0.537. The minimum atomic E-state index is -0.622. The van der Waals surface area contributed by atoms with Gasteiger partial charge in [-0.15, -0.1) is 0 Å². The predicted molar refractivity (Wildman–Crippen MR) is 74.2 cm³/mol. The van der Waals surface area contributed by atoms with E-state index in [1.807, 2.05) is 6.92 Å². The summed E-state index contributed by atoms with van der Waals surface area (Å²) in [6, 6.07) is 0.492. The van der Waals surface area contributed by atoms with Crippen molar-refractivity contribution in [1.29, 1.82) is 0 Å². The van der Waals surface area contributed by atoms with Gasteiger partial charge in [0.1, 0.15) is 0 Å². The van der Waals surface area contributed by atoms with Crippen molar-refractivity contribution in [2.45, 2.75) is 64.5 Å². The van der Waals surface area contributed by atoms with E-state index >= 15 is 0 Å². The summed E-state index contributed by atoms with van der Waals surface area (Å²) in [6.07, 6.45) is 4.61. The number of rotatable bonds is 4. The molecule has 0 spiro atoms. The Kier molecular flexibility index (Phi) is 4.21. The van der Waals surface area contributed by atoms with Crippen LogP contribution in [0, 0.1) is 5.41 Å². The zero-order valence-electron chi connectivity index (χ0n) is 12.4. The Bertz CT molecular complexity index is 346. The standard InChI is InChI=1S/C15H27NO3/c1-4-14(3)10-12(6-9-19-14)16-8-7-15(5-2,11-16)13(17)18/h12H,4-11H2,1-3H3,(H,17,18). The van der Waals surface area contributed by atoms with Crippen molar-refractivity contribution in [1.82, 2.24) is 4.90 Å². The smallest absolute Gasteiger partial charge is 0.310 e. The quantitative estimate of drug-likeness (QED) is 0.852. The third-order valence-electron chi connectivity index (χ3n) is 5.35. The van der Waals surface area contributed by atoms with Crippen LogP contribution in [-0.2, 0) is 9.53 Å². The molecule has 0 radical (unpaired) electrons. The van der Waals surface area contributed by atoms with Crippen LogP contribution in [0.15, 0.2) is 0 Å². The van der Waals surface area contributed by atoms with Gasteiger partial charge in [0.2, 0.25) is 0 Å². The summed E-state index contributed by atoms with van der Waals surface area (Å²) in [5, 5.41) is 9.48. The number of hydrogen-bond donors (Lipinski definition) is 1. The highest BCUT2D eigenvalue weighted by molar-refractivity contribution is 5.75. The highest BCUT2D eigenvalue weighted by atomic mass is 16.5. The van der Waals surface area contributed by atoms with E-state index in [1.54, 1.807) is 0 Å². The van der Waals surface area contributed by atoms with Gasteiger partial charge in [0, 0.05) is 19.2 Å². The minimum Gasteiger partial charge on any atom is -0.481 e. The SMILES string of the molecule is CCC1(C)CC(N2CCC(CC)(C(=O)O)C2)CCO1. The molecule has 2 fully saturated rings. The summed E-state index contributed by atoms with van der Waals surface area (Å²) >= 11 is 0. The Morgan fingerprint density at radius 2 is 2.16 bits per heavy atom. The molecule has 0 aromatic rings. The highest BCUT2D eigenvalue weighted by Crippen LogP contribution is 2.39. The van der Waals surface area contributed by atoms with E-state index in [4.69, 9.17) is 4.74 Å². The van der Waals surface area contributed by atoms with Gasteiger partial charge in [0.25, 0.3) is 0 Å².